The second kappa shape index (κ2) is 10.0. The maximum Gasteiger partial charge on any atom is 0.265 e. The van der Waals surface area contributed by atoms with Gasteiger partial charge in [0.25, 0.3) is 11.8 Å². The Morgan fingerprint density at radius 3 is 2.11 bits per heavy atom. The quantitative estimate of drug-likeness (QED) is 0.328. The van der Waals surface area contributed by atoms with Crippen LogP contribution in [0.5, 0.6) is 5.75 Å². The van der Waals surface area contributed by atoms with E-state index in [-0.39, 0.29) is 17.2 Å². The van der Waals surface area contributed by atoms with E-state index in [9.17, 15) is 9.59 Å². The van der Waals surface area contributed by atoms with E-state index in [0.717, 1.165) is 10.8 Å². The Kier molecular flexibility index (Phi) is 6.87. The topological polar surface area (TPSA) is 67.4 Å². The van der Waals surface area contributed by atoms with Gasteiger partial charge in [0.05, 0.1) is 0 Å². The van der Waals surface area contributed by atoms with Crippen molar-refractivity contribution in [2.75, 3.05) is 10.6 Å². The number of ether oxygens (including phenoxy) is 1. The molecule has 35 heavy (non-hydrogen) atoms. The fourth-order valence-corrected chi connectivity index (χ4v) is 3.79. The van der Waals surface area contributed by atoms with Crippen molar-refractivity contribution in [1.82, 2.24) is 0 Å². The molecule has 0 aromatic heterocycles. The molecule has 1 unspecified atom stereocenters. The number of fused-ring (bicyclic) bond motifs is 1. The smallest absolute Gasteiger partial charge is 0.265 e. The first-order chi connectivity index (χ1) is 16.7. The van der Waals surface area contributed by atoms with Crippen molar-refractivity contribution < 1.29 is 14.3 Å². The van der Waals surface area contributed by atoms with Crippen molar-refractivity contribution >= 4 is 34.0 Å². The lowest BCUT2D eigenvalue weighted by molar-refractivity contribution is -0.122. The fraction of sp³-hybridized carbons (Fsp3) is 0.200. The van der Waals surface area contributed by atoms with Crippen LogP contribution in [-0.4, -0.2) is 17.9 Å². The van der Waals surface area contributed by atoms with Crippen LogP contribution < -0.4 is 15.4 Å². The Hall–Kier alpha value is -4.12. The van der Waals surface area contributed by atoms with Crippen LogP contribution in [0, 0.1) is 0 Å². The summed E-state index contributed by atoms with van der Waals surface area (Å²) in [6.07, 6.45) is -0.708. The number of amides is 2. The minimum atomic E-state index is -0.708. The van der Waals surface area contributed by atoms with Crippen LogP contribution in [0.2, 0.25) is 0 Å². The number of carbonyl (C=O) groups excluding carboxylic acids is 2. The number of benzene rings is 4. The van der Waals surface area contributed by atoms with Gasteiger partial charge >= 0.3 is 0 Å². The number of hydrogen-bond acceptors (Lipinski definition) is 3. The normalized spacial score (nSPS) is 12.1. The van der Waals surface area contributed by atoms with E-state index in [4.69, 9.17) is 4.74 Å². The van der Waals surface area contributed by atoms with Gasteiger partial charge in [-0.2, -0.15) is 0 Å². The van der Waals surface area contributed by atoms with E-state index in [1.165, 1.54) is 5.56 Å². The minimum absolute atomic E-state index is 0.0238. The van der Waals surface area contributed by atoms with Gasteiger partial charge in [-0.3, -0.25) is 9.59 Å². The molecule has 2 amide bonds. The molecule has 0 aliphatic heterocycles. The van der Waals surface area contributed by atoms with Crippen molar-refractivity contribution in [2.45, 2.75) is 39.2 Å². The van der Waals surface area contributed by atoms with Gasteiger partial charge in [0.2, 0.25) is 0 Å². The van der Waals surface area contributed by atoms with Crippen molar-refractivity contribution in [1.29, 1.82) is 0 Å². The zero-order chi connectivity index (χ0) is 25.0. The Morgan fingerprint density at radius 2 is 1.40 bits per heavy atom. The van der Waals surface area contributed by atoms with Gasteiger partial charge in [0.1, 0.15) is 5.75 Å². The summed E-state index contributed by atoms with van der Waals surface area (Å²) in [6, 6.07) is 28.3. The summed E-state index contributed by atoms with van der Waals surface area (Å²) in [4.78, 5) is 25.5. The Balaban J connectivity index is 1.40. The van der Waals surface area contributed by atoms with E-state index in [0.29, 0.717) is 22.7 Å². The van der Waals surface area contributed by atoms with Crippen molar-refractivity contribution in [2.24, 2.45) is 0 Å². The second-order valence-corrected chi connectivity index (χ2v) is 9.59. The van der Waals surface area contributed by atoms with Gasteiger partial charge in [-0.25, -0.2) is 0 Å². The van der Waals surface area contributed by atoms with Crippen molar-refractivity contribution in [3.8, 4) is 5.75 Å². The highest BCUT2D eigenvalue weighted by molar-refractivity contribution is 6.04. The summed E-state index contributed by atoms with van der Waals surface area (Å²) in [5, 5.41) is 7.77. The molecule has 178 valence electrons. The molecule has 0 radical (unpaired) electrons. The standard InChI is InChI=1S/C30H30N2O3/c1-20(35-27-14-7-10-21-9-5-6-13-26(21)27)28(33)31-24-11-8-12-25(19-24)32-29(34)22-15-17-23(18-16-22)30(2,3)4/h5-20H,1-4H3,(H,31,33)(H,32,34). The summed E-state index contributed by atoms with van der Waals surface area (Å²) in [5.74, 6) is 0.171. The van der Waals surface area contributed by atoms with E-state index in [2.05, 4.69) is 31.4 Å². The van der Waals surface area contributed by atoms with Gasteiger partial charge in [-0.1, -0.05) is 75.4 Å². The molecule has 0 spiro atoms. The summed E-state index contributed by atoms with van der Waals surface area (Å²) < 4.78 is 5.97. The second-order valence-electron chi connectivity index (χ2n) is 9.59. The SMILES string of the molecule is CC(Oc1cccc2ccccc12)C(=O)Nc1cccc(NC(=O)c2ccc(C(C)(C)C)cc2)c1. The molecular weight excluding hydrogens is 436 g/mol. The molecule has 0 aliphatic carbocycles. The van der Waals surface area contributed by atoms with E-state index in [1.54, 1.807) is 31.2 Å². The van der Waals surface area contributed by atoms with Crippen LogP contribution in [0.15, 0.2) is 91.0 Å². The molecule has 0 heterocycles. The lowest BCUT2D eigenvalue weighted by Gasteiger charge is -2.19. The number of carbonyl (C=O) groups is 2. The van der Waals surface area contributed by atoms with Crippen LogP contribution in [0.1, 0.15) is 43.6 Å². The Labute approximate surface area is 206 Å². The minimum Gasteiger partial charge on any atom is -0.480 e. The first-order valence-electron chi connectivity index (χ1n) is 11.7. The molecule has 0 aliphatic rings. The van der Waals surface area contributed by atoms with Crippen LogP contribution in [0.25, 0.3) is 10.8 Å². The molecule has 5 heteroatoms. The summed E-state index contributed by atoms with van der Waals surface area (Å²) in [6.45, 7) is 8.12. The molecule has 0 fully saturated rings. The van der Waals surface area contributed by atoms with Crippen LogP contribution in [0.3, 0.4) is 0 Å². The van der Waals surface area contributed by atoms with Gasteiger partial charge in [0.15, 0.2) is 6.10 Å². The summed E-state index contributed by atoms with van der Waals surface area (Å²) >= 11 is 0. The van der Waals surface area contributed by atoms with E-state index in [1.807, 2.05) is 66.7 Å². The first-order valence-corrected chi connectivity index (χ1v) is 11.7. The third kappa shape index (κ3) is 5.87. The molecule has 0 bridgehead atoms. The number of nitrogens with one attached hydrogen (secondary N) is 2. The van der Waals surface area contributed by atoms with Crippen molar-refractivity contribution in [3.63, 3.8) is 0 Å². The molecule has 4 rings (SSSR count). The number of rotatable bonds is 6. The predicted octanol–water partition coefficient (Wildman–Crippen LogP) is 6.80. The molecule has 1 atom stereocenters. The fourth-order valence-electron chi connectivity index (χ4n) is 3.79. The largest absolute Gasteiger partial charge is 0.480 e. The van der Waals surface area contributed by atoms with Crippen molar-refractivity contribution in [3.05, 3.63) is 102 Å². The summed E-state index contributed by atoms with van der Waals surface area (Å²) in [7, 11) is 0. The molecular formula is C30H30N2O3. The summed E-state index contributed by atoms with van der Waals surface area (Å²) in [5.41, 5.74) is 2.93. The third-order valence-electron chi connectivity index (χ3n) is 5.82. The highest BCUT2D eigenvalue weighted by Crippen LogP contribution is 2.27. The van der Waals surface area contributed by atoms with Crippen LogP contribution in [-0.2, 0) is 10.2 Å². The zero-order valence-electron chi connectivity index (χ0n) is 20.5. The highest BCUT2D eigenvalue weighted by atomic mass is 16.5. The van der Waals surface area contributed by atoms with Crippen LogP contribution in [0.4, 0.5) is 11.4 Å². The highest BCUT2D eigenvalue weighted by Gasteiger charge is 2.17. The molecule has 4 aromatic rings. The van der Waals surface area contributed by atoms with E-state index < -0.39 is 6.10 Å². The third-order valence-corrected chi connectivity index (χ3v) is 5.82. The predicted molar refractivity (Wildman–Crippen MR) is 142 cm³/mol. The molecule has 0 saturated heterocycles. The number of hydrogen-bond donors (Lipinski definition) is 2. The lowest BCUT2D eigenvalue weighted by Crippen LogP contribution is -2.30. The maximum absolute atomic E-state index is 12.8. The Bertz CT molecular complexity index is 1350. The molecule has 4 aromatic carbocycles. The first kappa shape index (κ1) is 24.0. The average molecular weight is 467 g/mol. The lowest BCUT2D eigenvalue weighted by atomic mass is 9.87. The average Bonchev–Trinajstić information content (AvgIpc) is 2.84. The molecule has 5 nitrogen and oxygen atoms in total. The number of anilines is 2. The van der Waals surface area contributed by atoms with E-state index >= 15 is 0 Å². The van der Waals surface area contributed by atoms with Crippen LogP contribution >= 0.6 is 0 Å². The Morgan fingerprint density at radius 1 is 0.771 bits per heavy atom. The molecule has 0 saturated carbocycles. The molecule has 2 N–H and O–H groups in total. The zero-order valence-corrected chi connectivity index (χ0v) is 20.5. The van der Waals surface area contributed by atoms with Gasteiger partial charge in [0, 0.05) is 22.3 Å². The maximum atomic E-state index is 12.8. The van der Waals surface area contributed by atoms with Gasteiger partial charge in [-0.15, -0.1) is 0 Å². The monoisotopic (exact) mass is 466 g/mol. The van der Waals surface area contributed by atoms with Gasteiger partial charge < -0.3 is 15.4 Å². The van der Waals surface area contributed by atoms with Gasteiger partial charge in [-0.05, 0) is 59.7 Å².